The van der Waals surface area contributed by atoms with E-state index in [9.17, 15) is 5.26 Å². The minimum atomic E-state index is 0.336. The number of rotatable bonds is 2. The van der Waals surface area contributed by atoms with Crippen LogP contribution in [0.2, 0.25) is 0 Å². The molecule has 0 radical (unpaired) electrons. The van der Waals surface area contributed by atoms with Crippen molar-refractivity contribution in [3.8, 4) is 17.5 Å². The predicted molar refractivity (Wildman–Crippen MR) is 93.2 cm³/mol. The molecule has 0 saturated heterocycles. The van der Waals surface area contributed by atoms with Gasteiger partial charge in [-0.3, -0.25) is 0 Å². The molecule has 1 aromatic heterocycles. The Hall–Kier alpha value is -3.06. The van der Waals surface area contributed by atoms with Crippen molar-refractivity contribution >= 4 is 11.6 Å². The van der Waals surface area contributed by atoms with Crippen molar-refractivity contribution in [2.24, 2.45) is 0 Å². The average molecular weight is 315 g/mol. The monoisotopic (exact) mass is 315 g/mol. The third-order valence-corrected chi connectivity index (χ3v) is 4.34. The Morgan fingerprint density at radius 1 is 1.17 bits per heavy atom. The van der Waals surface area contributed by atoms with Crippen molar-refractivity contribution < 1.29 is 4.42 Å². The molecule has 3 aromatic rings. The van der Waals surface area contributed by atoms with E-state index in [4.69, 9.17) is 4.42 Å². The molecule has 1 aliphatic rings. The number of nitrogens with zero attached hydrogens (tertiary/aromatic N) is 3. The zero-order chi connectivity index (χ0) is 16.5. The highest BCUT2D eigenvalue weighted by Crippen LogP contribution is 2.37. The molecule has 2 aromatic carbocycles. The summed E-state index contributed by atoms with van der Waals surface area (Å²) in [6.45, 7) is 2.85. The van der Waals surface area contributed by atoms with E-state index in [1.807, 2.05) is 43.3 Å². The van der Waals surface area contributed by atoms with Gasteiger partial charge < -0.3 is 9.32 Å². The van der Waals surface area contributed by atoms with Crippen LogP contribution in [0.5, 0.6) is 0 Å². The van der Waals surface area contributed by atoms with Crippen LogP contribution in [0.1, 0.15) is 23.2 Å². The number of fused-ring (bicyclic) bond motifs is 1. The summed E-state index contributed by atoms with van der Waals surface area (Å²) in [5, 5.41) is 9.51. The molecule has 118 valence electrons. The van der Waals surface area contributed by atoms with Crippen LogP contribution >= 0.6 is 0 Å². The van der Waals surface area contributed by atoms with Crippen LogP contribution < -0.4 is 4.90 Å². The van der Waals surface area contributed by atoms with Crippen molar-refractivity contribution in [1.29, 1.82) is 5.26 Å². The molecule has 1 aliphatic heterocycles. The van der Waals surface area contributed by atoms with Gasteiger partial charge in [0.1, 0.15) is 6.07 Å². The lowest BCUT2D eigenvalue weighted by Crippen LogP contribution is -2.24. The Balaban J connectivity index is 1.81. The maximum absolute atomic E-state index is 9.51. The molecule has 0 saturated carbocycles. The van der Waals surface area contributed by atoms with Crippen LogP contribution in [-0.2, 0) is 6.42 Å². The second-order valence-electron chi connectivity index (χ2n) is 6.04. The maximum atomic E-state index is 9.51. The van der Waals surface area contributed by atoms with E-state index >= 15 is 0 Å². The molecule has 0 atom stereocenters. The van der Waals surface area contributed by atoms with E-state index < -0.39 is 0 Å². The van der Waals surface area contributed by atoms with Crippen molar-refractivity contribution in [3.63, 3.8) is 0 Å². The lowest BCUT2D eigenvalue weighted by atomic mass is 10.0. The van der Waals surface area contributed by atoms with E-state index in [2.05, 4.69) is 28.1 Å². The quantitative estimate of drug-likeness (QED) is 0.693. The van der Waals surface area contributed by atoms with Gasteiger partial charge in [-0.05, 0) is 43.5 Å². The Morgan fingerprint density at radius 3 is 2.88 bits per heavy atom. The summed E-state index contributed by atoms with van der Waals surface area (Å²) < 4.78 is 6.04. The fourth-order valence-corrected chi connectivity index (χ4v) is 3.21. The standard InChI is InChI=1S/C20H17N3O/c1-14-6-4-8-16(12-14)19-22-17(13-21)20(24-19)23-11-5-9-15-7-2-3-10-18(15)23/h2-4,6-8,10,12H,5,9,11H2,1H3. The summed E-state index contributed by atoms with van der Waals surface area (Å²) in [5.41, 5.74) is 4.74. The first-order chi connectivity index (χ1) is 11.8. The molecule has 0 fully saturated rings. The van der Waals surface area contributed by atoms with E-state index in [0.717, 1.165) is 36.2 Å². The number of nitriles is 1. The third kappa shape index (κ3) is 2.44. The zero-order valence-electron chi connectivity index (χ0n) is 13.5. The van der Waals surface area contributed by atoms with Crippen LogP contribution in [0, 0.1) is 18.3 Å². The molecule has 0 bridgehead atoms. The summed E-state index contributed by atoms with van der Waals surface area (Å²) in [6, 6.07) is 18.4. The van der Waals surface area contributed by atoms with Crippen molar-refractivity contribution in [3.05, 3.63) is 65.4 Å². The normalized spacial score (nSPS) is 13.4. The molecule has 0 aliphatic carbocycles. The van der Waals surface area contributed by atoms with E-state index in [1.165, 1.54) is 5.56 Å². The lowest BCUT2D eigenvalue weighted by Gasteiger charge is -2.28. The number of oxazole rings is 1. The molecule has 24 heavy (non-hydrogen) atoms. The summed E-state index contributed by atoms with van der Waals surface area (Å²) in [5.74, 6) is 1.04. The topological polar surface area (TPSA) is 53.1 Å². The maximum Gasteiger partial charge on any atom is 0.239 e. The van der Waals surface area contributed by atoms with Gasteiger partial charge in [0.25, 0.3) is 0 Å². The number of anilines is 2. The number of benzene rings is 2. The second kappa shape index (κ2) is 5.86. The molecule has 2 heterocycles. The second-order valence-corrected chi connectivity index (χ2v) is 6.04. The van der Waals surface area contributed by atoms with E-state index in [0.29, 0.717) is 17.5 Å². The van der Waals surface area contributed by atoms with Gasteiger partial charge >= 0.3 is 0 Å². The van der Waals surface area contributed by atoms with Gasteiger partial charge in [-0.15, -0.1) is 0 Å². The van der Waals surface area contributed by atoms with E-state index in [1.54, 1.807) is 0 Å². The largest absolute Gasteiger partial charge is 0.419 e. The highest BCUT2D eigenvalue weighted by Gasteiger charge is 2.25. The van der Waals surface area contributed by atoms with Crippen molar-refractivity contribution in [2.45, 2.75) is 19.8 Å². The number of aryl methyl sites for hydroxylation is 2. The predicted octanol–water partition coefficient (Wildman–Crippen LogP) is 4.61. The number of hydrogen-bond acceptors (Lipinski definition) is 4. The van der Waals surface area contributed by atoms with Gasteiger partial charge in [0.05, 0.1) is 0 Å². The molecule has 0 spiro atoms. The Kier molecular flexibility index (Phi) is 3.55. The van der Waals surface area contributed by atoms with Crippen molar-refractivity contribution in [1.82, 2.24) is 4.98 Å². The molecule has 4 heteroatoms. The van der Waals surface area contributed by atoms with Gasteiger partial charge in [0.15, 0.2) is 0 Å². The minimum absolute atomic E-state index is 0.336. The highest BCUT2D eigenvalue weighted by atomic mass is 16.4. The third-order valence-electron chi connectivity index (χ3n) is 4.34. The highest BCUT2D eigenvalue weighted by molar-refractivity contribution is 5.69. The lowest BCUT2D eigenvalue weighted by molar-refractivity contribution is 0.560. The minimum Gasteiger partial charge on any atom is -0.419 e. The number of aromatic nitrogens is 1. The van der Waals surface area contributed by atoms with Gasteiger partial charge in [0.2, 0.25) is 17.5 Å². The van der Waals surface area contributed by atoms with Gasteiger partial charge in [-0.2, -0.15) is 10.2 Å². The summed E-state index contributed by atoms with van der Waals surface area (Å²) in [7, 11) is 0. The van der Waals surface area contributed by atoms with Crippen LogP contribution in [-0.4, -0.2) is 11.5 Å². The molecule has 4 rings (SSSR count). The van der Waals surface area contributed by atoms with E-state index in [-0.39, 0.29) is 0 Å². The first-order valence-corrected chi connectivity index (χ1v) is 8.09. The molecular weight excluding hydrogens is 298 g/mol. The molecule has 0 unspecified atom stereocenters. The Morgan fingerprint density at radius 2 is 2.04 bits per heavy atom. The van der Waals surface area contributed by atoms with Crippen LogP contribution in [0.4, 0.5) is 11.6 Å². The number of para-hydroxylation sites is 1. The zero-order valence-corrected chi connectivity index (χ0v) is 13.5. The first-order valence-electron chi connectivity index (χ1n) is 8.09. The smallest absolute Gasteiger partial charge is 0.239 e. The molecule has 4 nitrogen and oxygen atoms in total. The van der Waals surface area contributed by atoms with Gasteiger partial charge in [0, 0.05) is 17.8 Å². The number of hydrogen-bond donors (Lipinski definition) is 0. The first kappa shape index (κ1) is 14.5. The summed E-state index contributed by atoms with van der Waals surface area (Å²) in [4.78, 5) is 6.49. The summed E-state index contributed by atoms with van der Waals surface area (Å²) in [6.07, 6.45) is 2.08. The van der Waals surface area contributed by atoms with Crippen LogP contribution in [0.25, 0.3) is 11.5 Å². The fourth-order valence-electron chi connectivity index (χ4n) is 3.21. The molecule has 0 N–H and O–H groups in total. The SMILES string of the molecule is Cc1cccc(-c2nc(C#N)c(N3CCCc4ccccc43)o2)c1. The van der Waals surface area contributed by atoms with Crippen LogP contribution in [0.3, 0.4) is 0 Å². The van der Waals surface area contributed by atoms with Crippen LogP contribution in [0.15, 0.2) is 52.9 Å². The Labute approximate surface area is 141 Å². The van der Waals surface area contributed by atoms with Crippen molar-refractivity contribution in [2.75, 3.05) is 11.4 Å². The average Bonchev–Trinajstić information content (AvgIpc) is 3.05. The summed E-state index contributed by atoms with van der Waals surface area (Å²) >= 11 is 0. The molecule has 0 amide bonds. The fraction of sp³-hybridized carbons (Fsp3) is 0.200. The van der Waals surface area contributed by atoms with Gasteiger partial charge in [-0.1, -0.05) is 35.9 Å². The Bertz CT molecular complexity index is 936. The van der Waals surface area contributed by atoms with Gasteiger partial charge in [-0.25, -0.2) is 0 Å². The molecular formula is C20H17N3O.